The fourth-order valence-corrected chi connectivity index (χ4v) is 2.01. The minimum Gasteiger partial charge on any atom is -0.444 e. The van der Waals surface area contributed by atoms with Crippen molar-refractivity contribution in [3.05, 3.63) is 12.2 Å². The summed E-state index contributed by atoms with van der Waals surface area (Å²) in [7, 11) is -3.92. The molecule has 110 valence electrons. The van der Waals surface area contributed by atoms with Gasteiger partial charge in [-0.3, -0.25) is 4.18 Å². The molecule has 8 heteroatoms. The van der Waals surface area contributed by atoms with Crippen LogP contribution in [0, 0.1) is 5.92 Å². The molecule has 0 saturated carbocycles. The van der Waals surface area contributed by atoms with Gasteiger partial charge < -0.3 is 10.1 Å². The van der Waals surface area contributed by atoms with Crippen LogP contribution >= 0.6 is 0 Å². The smallest absolute Gasteiger partial charge is 0.408 e. The first-order valence-electron chi connectivity index (χ1n) is 5.90. The second-order valence-electron chi connectivity index (χ2n) is 5.41. The Morgan fingerprint density at radius 1 is 1.42 bits per heavy atom. The van der Waals surface area contributed by atoms with Crippen molar-refractivity contribution in [2.75, 3.05) is 6.61 Å². The minimum absolute atomic E-state index is 0.0260. The SMILES string of the molecule is CC(C)(C)OC(=O)N[C@H]1C=C[C@@H](COS(N)(=O)=O)C1. The molecule has 0 fully saturated rings. The molecule has 7 nitrogen and oxygen atoms in total. The van der Waals surface area contributed by atoms with Crippen molar-refractivity contribution in [2.45, 2.75) is 38.8 Å². The summed E-state index contributed by atoms with van der Waals surface area (Å²) >= 11 is 0. The molecule has 0 aliphatic heterocycles. The largest absolute Gasteiger partial charge is 0.444 e. The Hall–Kier alpha value is -1.12. The molecule has 0 heterocycles. The summed E-state index contributed by atoms with van der Waals surface area (Å²) in [6.07, 6.45) is 3.61. The first kappa shape index (κ1) is 15.9. The van der Waals surface area contributed by atoms with Crippen LogP contribution in [0.5, 0.6) is 0 Å². The van der Waals surface area contributed by atoms with Gasteiger partial charge in [-0.25, -0.2) is 9.93 Å². The van der Waals surface area contributed by atoms with E-state index in [-0.39, 0.29) is 18.6 Å². The van der Waals surface area contributed by atoms with Crippen LogP contribution in [0.1, 0.15) is 27.2 Å². The molecule has 0 radical (unpaired) electrons. The first-order chi connectivity index (χ1) is 8.55. The fraction of sp³-hybridized carbons (Fsp3) is 0.727. The molecule has 0 bridgehead atoms. The summed E-state index contributed by atoms with van der Waals surface area (Å²) in [5.41, 5.74) is -0.553. The van der Waals surface area contributed by atoms with Gasteiger partial charge >= 0.3 is 16.4 Å². The van der Waals surface area contributed by atoms with E-state index >= 15 is 0 Å². The molecule has 0 aromatic carbocycles. The molecule has 0 spiro atoms. The second-order valence-corrected chi connectivity index (χ2v) is 6.63. The quantitative estimate of drug-likeness (QED) is 0.741. The van der Waals surface area contributed by atoms with Crippen LogP contribution in [-0.2, 0) is 19.2 Å². The van der Waals surface area contributed by atoms with Crippen molar-refractivity contribution in [1.29, 1.82) is 0 Å². The molecule has 0 unspecified atom stereocenters. The number of hydrogen-bond donors (Lipinski definition) is 2. The van der Waals surface area contributed by atoms with Crippen molar-refractivity contribution >= 4 is 16.4 Å². The molecule has 19 heavy (non-hydrogen) atoms. The number of amides is 1. The molecule has 1 rings (SSSR count). The molecule has 1 aliphatic carbocycles. The molecular formula is C11H20N2O5S. The van der Waals surface area contributed by atoms with E-state index in [0.717, 1.165) is 0 Å². The van der Waals surface area contributed by atoms with E-state index in [4.69, 9.17) is 9.88 Å². The van der Waals surface area contributed by atoms with Gasteiger partial charge in [0.1, 0.15) is 5.60 Å². The fourth-order valence-electron chi connectivity index (χ4n) is 1.65. The van der Waals surface area contributed by atoms with Gasteiger partial charge in [-0.2, -0.15) is 8.42 Å². The van der Waals surface area contributed by atoms with Gasteiger partial charge in [-0.15, -0.1) is 0 Å². The summed E-state index contributed by atoms with van der Waals surface area (Å²) in [5.74, 6) is -0.0988. The van der Waals surface area contributed by atoms with Crippen LogP contribution in [0.4, 0.5) is 4.79 Å². The highest BCUT2D eigenvalue weighted by Crippen LogP contribution is 2.19. The summed E-state index contributed by atoms with van der Waals surface area (Å²) in [6, 6.07) is -0.191. The maximum absolute atomic E-state index is 11.5. The maximum Gasteiger partial charge on any atom is 0.408 e. The number of alkyl carbamates (subject to hydrolysis) is 1. The number of carbonyl (C=O) groups excluding carboxylic acids is 1. The van der Waals surface area contributed by atoms with Crippen molar-refractivity contribution in [2.24, 2.45) is 11.1 Å². The van der Waals surface area contributed by atoms with Crippen LogP contribution in [0.25, 0.3) is 0 Å². The van der Waals surface area contributed by atoms with Gasteiger partial charge in [0, 0.05) is 5.92 Å². The Kier molecular flexibility index (Phi) is 4.94. The lowest BCUT2D eigenvalue weighted by molar-refractivity contribution is 0.0511. The van der Waals surface area contributed by atoms with E-state index in [2.05, 4.69) is 9.50 Å². The normalized spacial score (nSPS) is 23.4. The molecule has 0 saturated heterocycles. The van der Waals surface area contributed by atoms with E-state index in [9.17, 15) is 13.2 Å². The Labute approximate surface area is 113 Å². The number of rotatable bonds is 4. The Morgan fingerprint density at radius 2 is 2.05 bits per heavy atom. The van der Waals surface area contributed by atoms with Crippen molar-refractivity contribution in [1.82, 2.24) is 5.32 Å². The van der Waals surface area contributed by atoms with Gasteiger partial charge in [0.2, 0.25) is 0 Å². The Bertz CT molecular complexity index is 452. The molecule has 0 aromatic heterocycles. The predicted molar refractivity (Wildman–Crippen MR) is 69.5 cm³/mol. The van der Waals surface area contributed by atoms with Crippen LogP contribution < -0.4 is 10.5 Å². The number of hydrogen-bond acceptors (Lipinski definition) is 5. The molecule has 0 aromatic rings. The highest BCUT2D eigenvalue weighted by atomic mass is 32.2. The third-order valence-electron chi connectivity index (χ3n) is 2.32. The lowest BCUT2D eigenvalue weighted by Crippen LogP contribution is -2.37. The van der Waals surface area contributed by atoms with E-state index < -0.39 is 22.0 Å². The van der Waals surface area contributed by atoms with E-state index in [0.29, 0.717) is 6.42 Å². The molecule has 1 amide bonds. The first-order valence-corrected chi connectivity index (χ1v) is 7.37. The summed E-state index contributed by atoms with van der Waals surface area (Å²) in [4.78, 5) is 11.5. The van der Waals surface area contributed by atoms with Gasteiger partial charge in [0.25, 0.3) is 0 Å². The van der Waals surface area contributed by atoms with Crippen LogP contribution in [0.2, 0.25) is 0 Å². The third kappa shape index (κ3) is 7.14. The monoisotopic (exact) mass is 292 g/mol. The van der Waals surface area contributed by atoms with Crippen molar-refractivity contribution < 1.29 is 22.1 Å². The lowest BCUT2D eigenvalue weighted by Gasteiger charge is -2.21. The number of nitrogens with two attached hydrogens (primary N) is 1. The summed E-state index contributed by atoms with van der Waals surface area (Å²) < 4.78 is 30.9. The molecule has 1 aliphatic rings. The Morgan fingerprint density at radius 3 is 2.58 bits per heavy atom. The lowest BCUT2D eigenvalue weighted by atomic mass is 10.1. The van der Waals surface area contributed by atoms with Gasteiger partial charge in [0.15, 0.2) is 0 Å². The van der Waals surface area contributed by atoms with Crippen molar-refractivity contribution in [3.8, 4) is 0 Å². The predicted octanol–water partition coefficient (Wildman–Crippen LogP) is 0.676. The zero-order chi connectivity index (χ0) is 14.7. The topological polar surface area (TPSA) is 108 Å². The van der Waals surface area contributed by atoms with Gasteiger partial charge in [0.05, 0.1) is 12.6 Å². The molecular weight excluding hydrogens is 272 g/mol. The standard InChI is InChI=1S/C11H20N2O5S/c1-11(2,3)18-10(14)13-9-5-4-8(6-9)7-17-19(12,15)16/h4-5,8-9H,6-7H2,1-3H3,(H,13,14)(H2,12,15,16)/t8-,9+/m1/s1. The van der Waals surface area contributed by atoms with E-state index in [1.165, 1.54) is 0 Å². The highest BCUT2D eigenvalue weighted by Gasteiger charge is 2.24. The maximum atomic E-state index is 11.5. The van der Waals surface area contributed by atoms with Gasteiger partial charge in [-0.05, 0) is 27.2 Å². The summed E-state index contributed by atoms with van der Waals surface area (Å²) in [5, 5.41) is 7.41. The minimum atomic E-state index is -3.92. The zero-order valence-corrected chi connectivity index (χ0v) is 12.1. The third-order valence-corrected chi connectivity index (χ3v) is 2.79. The number of carbonyl (C=O) groups is 1. The van der Waals surface area contributed by atoms with Gasteiger partial charge in [-0.1, -0.05) is 12.2 Å². The van der Waals surface area contributed by atoms with Crippen molar-refractivity contribution in [3.63, 3.8) is 0 Å². The van der Waals surface area contributed by atoms with E-state index in [1.54, 1.807) is 32.9 Å². The Balaban J connectivity index is 2.34. The van der Waals surface area contributed by atoms with Crippen LogP contribution in [-0.4, -0.2) is 32.8 Å². The summed E-state index contributed by atoms with van der Waals surface area (Å²) in [6.45, 7) is 5.31. The van der Waals surface area contributed by atoms with Crippen LogP contribution in [0.15, 0.2) is 12.2 Å². The number of nitrogens with one attached hydrogen (secondary N) is 1. The van der Waals surface area contributed by atoms with E-state index in [1.807, 2.05) is 0 Å². The van der Waals surface area contributed by atoms with Crippen LogP contribution in [0.3, 0.4) is 0 Å². The average molecular weight is 292 g/mol. The highest BCUT2D eigenvalue weighted by molar-refractivity contribution is 7.84. The second kappa shape index (κ2) is 5.89. The molecule has 3 N–H and O–H groups in total. The zero-order valence-electron chi connectivity index (χ0n) is 11.3. The average Bonchev–Trinajstić information content (AvgIpc) is 2.58. The molecule has 2 atom stereocenters. The number of ether oxygens (including phenoxy) is 1.